The Morgan fingerprint density at radius 1 is 1.25 bits per heavy atom. The van der Waals surface area contributed by atoms with E-state index in [1.807, 2.05) is 19.1 Å². The molecule has 1 aliphatic rings. The lowest BCUT2D eigenvalue weighted by atomic mass is 9.98. The molecule has 1 aromatic rings. The Kier molecular flexibility index (Phi) is 2.60. The van der Waals surface area contributed by atoms with Gasteiger partial charge >= 0.3 is 5.97 Å². The van der Waals surface area contributed by atoms with Gasteiger partial charge in [0.15, 0.2) is 0 Å². The zero-order chi connectivity index (χ0) is 11.7. The molecule has 3 nitrogen and oxygen atoms in total. The quantitative estimate of drug-likeness (QED) is 0.562. The summed E-state index contributed by atoms with van der Waals surface area (Å²) in [6.45, 7) is 3.60. The van der Waals surface area contributed by atoms with Crippen molar-refractivity contribution in [3.63, 3.8) is 0 Å². The predicted molar refractivity (Wildman–Crippen MR) is 60.0 cm³/mol. The van der Waals surface area contributed by atoms with Gasteiger partial charge in [-0.1, -0.05) is 24.3 Å². The minimum Gasteiger partial charge on any atom is -0.454 e. The lowest BCUT2D eigenvalue weighted by Gasteiger charge is -2.08. The molecular weight excluding hydrogens is 204 g/mol. The fourth-order valence-corrected chi connectivity index (χ4v) is 1.92. The van der Waals surface area contributed by atoms with E-state index in [1.54, 1.807) is 19.1 Å². The van der Waals surface area contributed by atoms with Gasteiger partial charge in [0.25, 0.3) is 0 Å². The highest BCUT2D eigenvalue weighted by Gasteiger charge is 2.28. The summed E-state index contributed by atoms with van der Waals surface area (Å²) >= 11 is 0. The molecule has 3 heteroatoms. The molecule has 0 aliphatic carbocycles. The minimum atomic E-state index is -0.262. The first-order valence-corrected chi connectivity index (χ1v) is 5.11. The molecule has 1 atom stereocenters. The molecule has 0 saturated heterocycles. The maximum absolute atomic E-state index is 11.4. The normalized spacial score (nSPS) is 19.9. The molecule has 0 amide bonds. The summed E-state index contributed by atoms with van der Waals surface area (Å²) in [6.07, 6.45) is 0.583. The fourth-order valence-electron chi connectivity index (χ4n) is 1.92. The van der Waals surface area contributed by atoms with Gasteiger partial charge < -0.3 is 4.74 Å². The molecule has 0 spiro atoms. The first-order chi connectivity index (χ1) is 7.63. The monoisotopic (exact) mass is 216 g/mol. The lowest BCUT2D eigenvalue weighted by molar-refractivity contribution is -0.138. The third kappa shape index (κ3) is 1.65. The molecule has 1 aliphatic heterocycles. The number of rotatable bonds is 2. The van der Waals surface area contributed by atoms with Crippen LogP contribution in [0, 0.1) is 0 Å². The largest absolute Gasteiger partial charge is 0.454 e. The third-order valence-electron chi connectivity index (χ3n) is 2.76. The Bertz CT molecular complexity index is 468. The number of carbonyl (C=O) groups excluding carboxylic acids is 2. The molecule has 2 rings (SSSR count). The number of esters is 1. The molecule has 0 radical (unpaired) electrons. The van der Waals surface area contributed by atoms with Crippen LogP contribution >= 0.6 is 0 Å². The van der Waals surface area contributed by atoms with Gasteiger partial charge in [-0.15, -0.1) is 0 Å². The van der Waals surface area contributed by atoms with E-state index < -0.39 is 0 Å². The number of cyclic esters (lactones) is 1. The van der Waals surface area contributed by atoms with Crippen LogP contribution in [0.2, 0.25) is 0 Å². The summed E-state index contributed by atoms with van der Waals surface area (Å²) in [7, 11) is 0. The van der Waals surface area contributed by atoms with Gasteiger partial charge in [-0.3, -0.25) is 4.79 Å². The second-order valence-corrected chi connectivity index (χ2v) is 3.83. The molecule has 16 heavy (non-hydrogen) atoms. The average Bonchev–Trinajstić information content (AvgIpc) is 2.54. The summed E-state index contributed by atoms with van der Waals surface area (Å²) in [4.78, 5) is 21.9. The highest BCUT2D eigenvalue weighted by Crippen LogP contribution is 2.30. The van der Waals surface area contributed by atoms with Crippen LogP contribution in [-0.4, -0.2) is 18.4 Å². The zero-order valence-electron chi connectivity index (χ0n) is 9.19. The van der Waals surface area contributed by atoms with E-state index in [4.69, 9.17) is 4.74 Å². The van der Waals surface area contributed by atoms with Crippen molar-refractivity contribution in [3.05, 3.63) is 41.0 Å². The van der Waals surface area contributed by atoms with Crippen molar-refractivity contribution in [2.24, 2.45) is 0 Å². The standard InChI is InChI=1S/C13H12O3/c1-8-12(9(2)16-13(8)15)11-5-3-10(7-14)4-6-11/h3-7,9H,1-2H3. The molecule has 1 heterocycles. The van der Waals surface area contributed by atoms with Crippen LogP contribution in [0.15, 0.2) is 29.8 Å². The zero-order valence-corrected chi connectivity index (χ0v) is 9.19. The van der Waals surface area contributed by atoms with Crippen LogP contribution in [0.3, 0.4) is 0 Å². The summed E-state index contributed by atoms with van der Waals surface area (Å²) in [5.74, 6) is -0.262. The van der Waals surface area contributed by atoms with Crippen LogP contribution in [0.25, 0.3) is 5.57 Å². The van der Waals surface area contributed by atoms with Gasteiger partial charge in [0.2, 0.25) is 0 Å². The van der Waals surface area contributed by atoms with Crippen LogP contribution in [0.4, 0.5) is 0 Å². The van der Waals surface area contributed by atoms with Crippen molar-refractivity contribution < 1.29 is 14.3 Å². The van der Waals surface area contributed by atoms with E-state index in [2.05, 4.69) is 0 Å². The van der Waals surface area contributed by atoms with Crippen molar-refractivity contribution in [2.75, 3.05) is 0 Å². The van der Waals surface area contributed by atoms with E-state index in [-0.39, 0.29) is 12.1 Å². The Balaban J connectivity index is 2.44. The molecule has 0 fully saturated rings. The summed E-state index contributed by atoms with van der Waals surface area (Å²) in [5.41, 5.74) is 3.11. The number of hydrogen-bond acceptors (Lipinski definition) is 3. The highest BCUT2D eigenvalue weighted by molar-refractivity contribution is 6.02. The number of carbonyl (C=O) groups is 2. The van der Waals surface area contributed by atoms with E-state index in [0.717, 1.165) is 17.4 Å². The molecular formula is C13H12O3. The van der Waals surface area contributed by atoms with Gasteiger partial charge in [0.05, 0.1) is 0 Å². The second-order valence-electron chi connectivity index (χ2n) is 3.83. The molecule has 82 valence electrons. The molecule has 0 bridgehead atoms. The van der Waals surface area contributed by atoms with Crippen LogP contribution in [-0.2, 0) is 9.53 Å². The third-order valence-corrected chi connectivity index (χ3v) is 2.76. The Morgan fingerprint density at radius 3 is 2.31 bits per heavy atom. The van der Waals surface area contributed by atoms with Crippen LogP contribution in [0.1, 0.15) is 29.8 Å². The maximum Gasteiger partial charge on any atom is 0.334 e. The SMILES string of the molecule is CC1=C(c2ccc(C=O)cc2)C(C)OC1=O. The summed E-state index contributed by atoms with van der Waals surface area (Å²) in [5, 5.41) is 0. The topological polar surface area (TPSA) is 43.4 Å². The van der Waals surface area contributed by atoms with Crippen molar-refractivity contribution in [2.45, 2.75) is 20.0 Å². The number of ether oxygens (including phenoxy) is 1. The first-order valence-electron chi connectivity index (χ1n) is 5.11. The predicted octanol–water partition coefficient (Wildman–Crippen LogP) is 2.22. The van der Waals surface area contributed by atoms with Crippen LogP contribution < -0.4 is 0 Å². The van der Waals surface area contributed by atoms with Gasteiger partial charge in [-0.2, -0.15) is 0 Å². The van der Waals surface area contributed by atoms with E-state index in [0.29, 0.717) is 11.1 Å². The number of aldehydes is 1. The van der Waals surface area contributed by atoms with Gasteiger partial charge in [0.1, 0.15) is 12.4 Å². The molecule has 0 N–H and O–H groups in total. The Labute approximate surface area is 93.7 Å². The molecule has 1 unspecified atom stereocenters. The Hall–Kier alpha value is -1.90. The van der Waals surface area contributed by atoms with Gasteiger partial charge in [0, 0.05) is 16.7 Å². The number of hydrogen-bond donors (Lipinski definition) is 0. The maximum atomic E-state index is 11.4. The first kappa shape index (κ1) is 10.6. The summed E-state index contributed by atoms with van der Waals surface area (Å²) in [6, 6.07) is 7.14. The van der Waals surface area contributed by atoms with Crippen LogP contribution in [0.5, 0.6) is 0 Å². The smallest absolute Gasteiger partial charge is 0.334 e. The Morgan fingerprint density at radius 2 is 1.88 bits per heavy atom. The summed E-state index contributed by atoms with van der Waals surface area (Å²) < 4.78 is 5.11. The molecule has 0 aromatic heterocycles. The average molecular weight is 216 g/mol. The van der Waals surface area contributed by atoms with E-state index in [9.17, 15) is 9.59 Å². The van der Waals surface area contributed by atoms with E-state index in [1.165, 1.54) is 0 Å². The van der Waals surface area contributed by atoms with Crippen molar-refractivity contribution in [3.8, 4) is 0 Å². The van der Waals surface area contributed by atoms with Gasteiger partial charge in [-0.25, -0.2) is 4.79 Å². The highest BCUT2D eigenvalue weighted by atomic mass is 16.5. The van der Waals surface area contributed by atoms with Gasteiger partial charge in [-0.05, 0) is 19.4 Å². The van der Waals surface area contributed by atoms with Crippen molar-refractivity contribution >= 4 is 17.8 Å². The van der Waals surface area contributed by atoms with E-state index >= 15 is 0 Å². The van der Waals surface area contributed by atoms with Crippen molar-refractivity contribution in [1.82, 2.24) is 0 Å². The molecule has 1 aromatic carbocycles. The molecule has 0 saturated carbocycles. The fraction of sp³-hybridized carbons (Fsp3) is 0.231. The lowest BCUT2D eigenvalue weighted by Crippen LogP contribution is -2.05. The number of benzene rings is 1. The van der Waals surface area contributed by atoms with Crippen molar-refractivity contribution in [1.29, 1.82) is 0 Å². The minimum absolute atomic E-state index is 0.213. The second kappa shape index (κ2) is 3.93.